The van der Waals surface area contributed by atoms with E-state index in [1.165, 1.54) is 245 Å². The molecule has 16 aromatic rings. The van der Waals surface area contributed by atoms with Gasteiger partial charge in [0, 0.05) is 26.2 Å². The van der Waals surface area contributed by atoms with E-state index in [1.54, 1.807) is 0 Å². The number of fused-ring (bicyclic) bond motifs is 20. The molecule has 124 heavy (non-hydrogen) atoms. The van der Waals surface area contributed by atoms with Gasteiger partial charge in [0.1, 0.15) is 0 Å². The highest BCUT2D eigenvalue weighted by Crippen LogP contribution is 2.75. The third-order valence-corrected chi connectivity index (χ3v) is 31.5. The first-order valence-corrected chi connectivity index (χ1v) is 46.1. The third-order valence-electron chi connectivity index (χ3n) is 31.5. The zero-order valence-corrected chi connectivity index (χ0v) is 72.3. The van der Waals surface area contributed by atoms with Gasteiger partial charge < -0.3 is 0 Å². The van der Waals surface area contributed by atoms with E-state index in [1.807, 2.05) is 0 Å². The molecule has 12 aliphatic carbocycles. The van der Waals surface area contributed by atoms with E-state index in [-0.39, 0.29) is 21.7 Å². The molecule has 0 saturated heterocycles. The topological polar surface area (TPSA) is 13.0 Å². The molecule has 600 valence electrons. The summed E-state index contributed by atoms with van der Waals surface area (Å²) in [7, 11) is 0. The SMILES string of the molecule is CCN(CC)Cc1ccc2c(c1)-c1cccc3c1C21c2ccccc2-c2cccc-3c21.CCN(CC)Cc1ccc2c(c1)C13c4ccccc4-c4cccc(c41)-c1cccc-2c13.CCN(CC)Cc1cccc2c1-c1cccc3c1C21c2ccccc2-c2cccc-3c21.CCN(CC)Cc1cccc2c1C13c4ccccc4-c4cccc(c41)-c1cccc-2c13. The summed E-state index contributed by atoms with van der Waals surface area (Å²) in [5.74, 6) is 0. The first-order chi connectivity index (χ1) is 61.2. The van der Waals surface area contributed by atoms with Crippen molar-refractivity contribution < 1.29 is 0 Å². The van der Waals surface area contributed by atoms with Gasteiger partial charge >= 0.3 is 0 Å². The molecule has 0 aromatic heterocycles. The maximum atomic E-state index is 2.54. The van der Waals surface area contributed by atoms with Crippen molar-refractivity contribution in [2.24, 2.45) is 0 Å². The summed E-state index contributed by atoms with van der Waals surface area (Å²) in [6.07, 6.45) is 0. The lowest BCUT2D eigenvalue weighted by Gasteiger charge is -2.30. The molecule has 0 fully saturated rings. The standard InChI is InChI=1S/4C30H25N/c1-3-31(4-2)18-19-10-7-17-26-27(19)24-15-9-14-23-22-13-8-12-21-20-11-5-6-16-25(20)30(26,28(21)22)29(23)24;1-3-31(4-2)18-19-10-7-12-22-23-14-9-16-25-24-15-8-13-21-20-11-5-6-17-26(20)30(27(19)22,28(21)24)29(23)25;1-3-31(4-2)18-19-15-16-21-23-11-8-13-25-24-12-7-10-22-20-9-5-6-14-26(20)30(28(22)24,29(23)25)27(21)17-19;1-3-31(4-2)18-19-15-16-27-25(17-19)24-13-8-12-23-22-11-7-10-21-20-9-5-6-14-26(20)30(27,28(21)22)29(23)24/h4*5-17H,3-4,18H2,1-2H3. The number of benzene rings is 16. The van der Waals surface area contributed by atoms with E-state index in [0.717, 1.165) is 78.5 Å². The molecule has 0 radical (unpaired) electrons. The van der Waals surface area contributed by atoms with Gasteiger partial charge in [-0.2, -0.15) is 0 Å². The Bertz CT molecular complexity index is 7080. The van der Waals surface area contributed by atoms with Crippen LogP contribution in [-0.2, 0) is 47.8 Å². The van der Waals surface area contributed by atoms with Crippen LogP contribution in [0.4, 0.5) is 0 Å². The molecule has 0 saturated carbocycles. The van der Waals surface area contributed by atoms with Crippen LogP contribution < -0.4 is 0 Å². The van der Waals surface area contributed by atoms with Crippen molar-refractivity contribution in [1.29, 1.82) is 0 Å². The average molecular weight is 1600 g/mol. The second kappa shape index (κ2) is 27.4. The van der Waals surface area contributed by atoms with Gasteiger partial charge in [-0.1, -0.05) is 365 Å². The minimum atomic E-state index is -0.159. The molecule has 4 nitrogen and oxygen atoms in total. The van der Waals surface area contributed by atoms with E-state index in [4.69, 9.17) is 0 Å². The van der Waals surface area contributed by atoms with E-state index in [0.29, 0.717) is 0 Å². The lowest BCUT2D eigenvalue weighted by atomic mass is 9.71. The molecular weight excluding hydrogens is 1500 g/mol. The predicted molar refractivity (Wildman–Crippen MR) is 513 cm³/mol. The van der Waals surface area contributed by atoms with Crippen LogP contribution in [0.5, 0.6) is 0 Å². The van der Waals surface area contributed by atoms with E-state index in [2.05, 4.69) is 390 Å². The van der Waals surface area contributed by atoms with Gasteiger partial charge in [-0.05, 0) is 303 Å². The van der Waals surface area contributed by atoms with Crippen LogP contribution in [0.2, 0.25) is 0 Å². The Morgan fingerprint density at radius 3 is 0.790 bits per heavy atom. The molecule has 4 atom stereocenters. The fourth-order valence-corrected chi connectivity index (χ4v) is 26.6. The van der Waals surface area contributed by atoms with E-state index in [9.17, 15) is 0 Å². The van der Waals surface area contributed by atoms with Crippen LogP contribution in [0, 0.1) is 0 Å². The molecule has 4 heteroatoms. The normalized spacial score (nSPS) is 18.2. The maximum Gasteiger partial charge on any atom is 0.0740 e. The van der Waals surface area contributed by atoms with Crippen molar-refractivity contribution in [1.82, 2.24) is 19.6 Å². The molecule has 0 aliphatic heterocycles. The lowest BCUT2D eigenvalue weighted by molar-refractivity contribution is 0.294. The predicted octanol–water partition coefficient (Wildman–Crippen LogP) is 27.4. The summed E-state index contributed by atoms with van der Waals surface area (Å²) >= 11 is 0. The van der Waals surface area contributed by atoms with Gasteiger partial charge in [0.2, 0.25) is 0 Å². The van der Waals surface area contributed by atoms with Crippen LogP contribution in [0.3, 0.4) is 0 Å². The van der Waals surface area contributed by atoms with Crippen LogP contribution in [0.25, 0.3) is 134 Å². The Kier molecular flexibility index (Phi) is 16.4. The van der Waals surface area contributed by atoms with Gasteiger partial charge in [0.15, 0.2) is 0 Å². The van der Waals surface area contributed by atoms with Gasteiger partial charge in [0.05, 0.1) is 21.7 Å². The Labute approximate surface area is 730 Å². The first kappa shape index (κ1) is 74.0. The summed E-state index contributed by atoms with van der Waals surface area (Å²) in [6.45, 7) is 30.7. The van der Waals surface area contributed by atoms with Crippen LogP contribution >= 0.6 is 0 Å². The highest BCUT2D eigenvalue weighted by Gasteiger charge is 2.62. The molecule has 0 bridgehead atoms. The summed E-state index contributed by atoms with van der Waals surface area (Å²) in [4.78, 5) is 10.1. The third kappa shape index (κ3) is 9.21. The number of nitrogens with zero attached hydrogens (tertiary/aromatic N) is 4. The Balaban J connectivity index is 0.0000000906. The van der Waals surface area contributed by atoms with E-state index >= 15 is 0 Å². The fraction of sp³-hybridized carbons (Fsp3) is 0.200. The minimum Gasteiger partial charge on any atom is -0.300 e. The largest absolute Gasteiger partial charge is 0.300 e. The first-order valence-electron chi connectivity index (χ1n) is 46.1. The summed E-state index contributed by atoms with van der Waals surface area (Å²) in [5, 5.41) is 0. The van der Waals surface area contributed by atoms with Gasteiger partial charge in [-0.3, -0.25) is 19.6 Å². The quantitative estimate of drug-likeness (QED) is 0.0956. The fourth-order valence-electron chi connectivity index (χ4n) is 26.6. The average Bonchev–Trinajstić information content (AvgIpc) is 1.49. The summed E-state index contributed by atoms with van der Waals surface area (Å²) in [6, 6.07) is 120. The van der Waals surface area contributed by atoms with Crippen molar-refractivity contribution in [3.05, 3.63) is 427 Å². The summed E-state index contributed by atoms with van der Waals surface area (Å²) < 4.78 is 0. The van der Waals surface area contributed by atoms with Crippen molar-refractivity contribution in [3.8, 4) is 134 Å². The second-order valence-electron chi connectivity index (χ2n) is 36.3. The maximum absolute atomic E-state index is 2.54. The van der Waals surface area contributed by atoms with Crippen molar-refractivity contribution in [2.45, 2.75) is 103 Å². The molecule has 4 unspecified atom stereocenters. The highest BCUT2D eigenvalue weighted by atomic mass is 15.1. The van der Waals surface area contributed by atoms with Gasteiger partial charge in [0.25, 0.3) is 0 Å². The second-order valence-corrected chi connectivity index (χ2v) is 36.3. The Morgan fingerprint density at radius 2 is 0.395 bits per heavy atom. The summed E-state index contributed by atoms with van der Waals surface area (Å²) in [5.41, 5.74) is 63.2. The van der Waals surface area contributed by atoms with Crippen molar-refractivity contribution >= 4 is 0 Å². The van der Waals surface area contributed by atoms with Crippen LogP contribution in [-0.4, -0.2) is 72.0 Å². The molecular formula is C120H100N4. The molecule has 4 spiro atoms. The molecule has 0 N–H and O–H groups in total. The molecule has 16 aromatic carbocycles. The van der Waals surface area contributed by atoms with Gasteiger partial charge in [-0.15, -0.1) is 0 Å². The number of rotatable bonds is 16. The molecule has 0 amide bonds. The Morgan fingerprint density at radius 1 is 0.161 bits per heavy atom. The zero-order chi connectivity index (χ0) is 83.0. The van der Waals surface area contributed by atoms with Crippen LogP contribution in [0.1, 0.15) is 167 Å². The molecule has 0 heterocycles. The smallest absolute Gasteiger partial charge is 0.0740 e. The lowest BCUT2D eigenvalue weighted by Crippen LogP contribution is -2.28. The molecule has 12 aliphatic rings. The molecule has 28 rings (SSSR count). The van der Waals surface area contributed by atoms with Crippen molar-refractivity contribution in [3.63, 3.8) is 0 Å². The number of hydrogen-bond donors (Lipinski definition) is 0. The minimum absolute atomic E-state index is 0.141. The Hall–Kier alpha value is -12.6. The van der Waals surface area contributed by atoms with Crippen molar-refractivity contribution in [2.75, 3.05) is 52.4 Å². The highest BCUT2D eigenvalue weighted by molar-refractivity contribution is 6.11. The zero-order valence-electron chi connectivity index (χ0n) is 72.3. The van der Waals surface area contributed by atoms with E-state index < -0.39 is 0 Å². The monoisotopic (exact) mass is 1600 g/mol. The number of hydrogen-bond acceptors (Lipinski definition) is 4. The van der Waals surface area contributed by atoms with Gasteiger partial charge in [-0.25, -0.2) is 0 Å². The van der Waals surface area contributed by atoms with Crippen LogP contribution in [0.15, 0.2) is 315 Å².